The average molecular weight is 342 g/mol. The number of hydrogen-bond donors (Lipinski definition) is 2. The summed E-state index contributed by atoms with van der Waals surface area (Å²) >= 11 is 11.6. The van der Waals surface area contributed by atoms with Crippen molar-refractivity contribution in [3.8, 4) is 0 Å². The largest absolute Gasteiger partial charge is 0.326 e. The first-order chi connectivity index (χ1) is 10.4. The van der Waals surface area contributed by atoms with Crippen molar-refractivity contribution >= 4 is 40.8 Å². The van der Waals surface area contributed by atoms with E-state index in [1.54, 1.807) is 6.92 Å². The number of nitrogens with zero attached hydrogens (tertiary/aromatic N) is 1. The zero-order valence-electron chi connectivity index (χ0n) is 11.3. The molecule has 5 nitrogen and oxygen atoms in total. The van der Waals surface area contributed by atoms with Crippen molar-refractivity contribution < 1.29 is 14.0 Å². The SMILES string of the molecule is Cc1cc(Cl)nc(Cl)c1C(=O)NC(=O)Nc1ccc(F)cc1. The number of pyridine rings is 1. The molecule has 0 saturated heterocycles. The van der Waals surface area contributed by atoms with Crippen LogP contribution in [-0.2, 0) is 0 Å². The maximum Gasteiger partial charge on any atom is 0.326 e. The number of benzene rings is 1. The van der Waals surface area contributed by atoms with Gasteiger partial charge in [0.05, 0.1) is 5.56 Å². The molecule has 0 fully saturated rings. The molecule has 8 heteroatoms. The Hall–Kier alpha value is -2.18. The van der Waals surface area contributed by atoms with E-state index >= 15 is 0 Å². The Labute approximate surface area is 135 Å². The molecule has 0 bridgehead atoms. The van der Waals surface area contributed by atoms with Crippen LogP contribution in [0.3, 0.4) is 0 Å². The van der Waals surface area contributed by atoms with E-state index in [9.17, 15) is 14.0 Å². The van der Waals surface area contributed by atoms with Gasteiger partial charge < -0.3 is 5.32 Å². The highest BCUT2D eigenvalue weighted by Crippen LogP contribution is 2.21. The van der Waals surface area contributed by atoms with Gasteiger partial charge in [-0.15, -0.1) is 0 Å². The minimum atomic E-state index is -0.776. The molecule has 0 aliphatic carbocycles. The molecular formula is C14H10Cl2FN3O2. The summed E-state index contributed by atoms with van der Waals surface area (Å²) < 4.78 is 12.8. The van der Waals surface area contributed by atoms with Gasteiger partial charge in [0.15, 0.2) is 0 Å². The number of halogens is 3. The summed E-state index contributed by atoms with van der Waals surface area (Å²) in [5.74, 6) is -1.15. The normalized spacial score (nSPS) is 10.2. The van der Waals surface area contributed by atoms with Crippen LogP contribution in [0.1, 0.15) is 15.9 Å². The number of carbonyl (C=O) groups is 2. The minimum Gasteiger partial charge on any atom is -0.308 e. The van der Waals surface area contributed by atoms with Crippen LogP contribution in [0.2, 0.25) is 10.3 Å². The van der Waals surface area contributed by atoms with Crippen molar-refractivity contribution in [2.45, 2.75) is 6.92 Å². The molecule has 0 radical (unpaired) electrons. The number of nitrogens with one attached hydrogen (secondary N) is 2. The fourth-order valence-corrected chi connectivity index (χ4v) is 2.35. The third-order valence-corrected chi connectivity index (χ3v) is 3.16. The van der Waals surface area contributed by atoms with Crippen LogP contribution < -0.4 is 10.6 Å². The molecule has 1 aromatic heterocycles. The number of imide groups is 1. The maximum atomic E-state index is 12.8. The molecule has 0 unspecified atom stereocenters. The van der Waals surface area contributed by atoms with Crippen LogP contribution in [0.15, 0.2) is 30.3 Å². The summed E-state index contributed by atoms with van der Waals surface area (Å²) in [6.07, 6.45) is 0. The summed E-state index contributed by atoms with van der Waals surface area (Å²) in [5.41, 5.74) is 0.876. The molecule has 0 aliphatic rings. The van der Waals surface area contributed by atoms with Gasteiger partial charge in [-0.25, -0.2) is 14.2 Å². The van der Waals surface area contributed by atoms with E-state index in [-0.39, 0.29) is 15.9 Å². The van der Waals surface area contributed by atoms with Crippen molar-refractivity contribution in [3.63, 3.8) is 0 Å². The van der Waals surface area contributed by atoms with Crippen LogP contribution in [0, 0.1) is 12.7 Å². The van der Waals surface area contributed by atoms with E-state index in [1.165, 1.54) is 30.3 Å². The Morgan fingerprint density at radius 3 is 2.41 bits per heavy atom. The summed E-state index contributed by atoms with van der Waals surface area (Å²) in [5, 5.41) is 4.55. The smallest absolute Gasteiger partial charge is 0.308 e. The molecule has 2 rings (SSSR count). The second kappa shape index (κ2) is 6.72. The van der Waals surface area contributed by atoms with Crippen LogP contribution in [0.4, 0.5) is 14.9 Å². The van der Waals surface area contributed by atoms with Gasteiger partial charge in [-0.2, -0.15) is 0 Å². The predicted molar refractivity (Wildman–Crippen MR) is 81.9 cm³/mol. The Kier molecular flexibility index (Phi) is 4.95. The second-order valence-electron chi connectivity index (χ2n) is 4.34. The molecule has 1 aromatic carbocycles. The van der Waals surface area contributed by atoms with Crippen molar-refractivity contribution in [2.24, 2.45) is 0 Å². The lowest BCUT2D eigenvalue weighted by Gasteiger charge is -2.09. The van der Waals surface area contributed by atoms with Crippen LogP contribution in [0.25, 0.3) is 0 Å². The lowest BCUT2D eigenvalue weighted by atomic mass is 10.1. The molecule has 0 saturated carbocycles. The average Bonchev–Trinajstić information content (AvgIpc) is 2.40. The van der Waals surface area contributed by atoms with Gasteiger partial charge in [0.25, 0.3) is 5.91 Å². The van der Waals surface area contributed by atoms with E-state index < -0.39 is 17.8 Å². The van der Waals surface area contributed by atoms with Crippen molar-refractivity contribution in [3.05, 3.63) is 57.6 Å². The number of aryl methyl sites for hydroxylation is 1. The summed E-state index contributed by atoms with van der Waals surface area (Å²) in [4.78, 5) is 27.6. The van der Waals surface area contributed by atoms with Gasteiger partial charge in [-0.3, -0.25) is 10.1 Å². The molecule has 0 spiro atoms. The fraction of sp³-hybridized carbons (Fsp3) is 0.0714. The van der Waals surface area contributed by atoms with Crippen LogP contribution >= 0.6 is 23.2 Å². The van der Waals surface area contributed by atoms with Crippen molar-refractivity contribution in [1.29, 1.82) is 0 Å². The lowest BCUT2D eigenvalue weighted by Crippen LogP contribution is -2.35. The standard InChI is InChI=1S/C14H10Cl2FN3O2/c1-7-6-10(15)19-12(16)11(7)13(21)20-14(22)18-9-4-2-8(17)3-5-9/h2-6H,1H3,(H2,18,20,21,22). The lowest BCUT2D eigenvalue weighted by molar-refractivity contribution is 0.0966. The highest BCUT2D eigenvalue weighted by atomic mass is 35.5. The van der Waals surface area contributed by atoms with Gasteiger partial charge in [0.2, 0.25) is 0 Å². The zero-order chi connectivity index (χ0) is 16.3. The van der Waals surface area contributed by atoms with Gasteiger partial charge in [0, 0.05) is 5.69 Å². The first-order valence-corrected chi connectivity index (χ1v) is 6.83. The summed E-state index contributed by atoms with van der Waals surface area (Å²) in [6.45, 7) is 1.62. The number of rotatable bonds is 2. The zero-order valence-corrected chi connectivity index (χ0v) is 12.8. The molecule has 0 atom stereocenters. The number of carbonyl (C=O) groups excluding carboxylic acids is 2. The maximum absolute atomic E-state index is 12.8. The Bertz CT molecular complexity index is 712. The second-order valence-corrected chi connectivity index (χ2v) is 5.09. The number of hydrogen-bond acceptors (Lipinski definition) is 3. The third kappa shape index (κ3) is 3.93. The highest BCUT2D eigenvalue weighted by Gasteiger charge is 2.18. The molecular weight excluding hydrogens is 332 g/mol. The highest BCUT2D eigenvalue weighted by molar-refractivity contribution is 6.35. The van der Waals surface area contributed by atoms with E-state index in [0.717, 1.165) is 0 Å². The first kappa shape index (κ1) is 16.2. The third-order valence-electron chi connectivity index (χ3n) is 2.70. The first-order valence-electron chi connectivity index (χ1n) is 6.07. The van der Waals surface area contributed by atoms with Gasteiger partial charge in [-0.05, 0) is 42.8 Å². The fourth-order valence-electron chi connectivity index (χ4n) is 1.73. The van der Waals surface area contributed by atoms with Gasteiger partial charge >= 0.3 is 6.03 Å². The van der Waals surface area contributed by atoms with Gasteiger partial charge in [0.1, 0.15) is 16.1 Å². The monoisotopic (exact) mass is 341 g/mol. The number of anilines is 1. The van der Waals surface area contributed by atoms with Crippen LogP contribution in [0.5, 0.6) is 0 Å². The quantitative estimate of drug-likeness (QED) is 0.816. The minimum absolute atomic E-state index is 0.0559. The number of aromatic nitrogens is 1. The van der Waals surface area contributed by atoms with E-state index in [0.29, 0.717) is 11.3 Å². The molecule has 1 heterocycles. The Morgan fingerprint density at radius 1 is 1.18 bits per heavy atom. The molecule has 0 aliphatic heterocycles. The van der Waals surface area contributed by atoms with E-state index in [4.69, 9.17) is 23.2 Å². The Morgan fingerprint density at radius 2 is 1.82 bits per heavy atom. The summed E-state index contributed by atoms with van der Waals surface area (Å²) in [7, 11) is 0. The molecule has 114 valence electrons. The number of amides is 3. The van der Waals surface area contributed by atoms with Gasteiger partial charge in [-0.1, -0.05) is 23.2 Å². The summed E-state index contributed by atoms with van der Waals surface area (Å²) in [6, 6.07) is 5.77. The van der Waals surface area contributed by atoms with Crippen LogP contribution in [-0.4, -0.2) is 16.9 Å². The predicted octanol–water partition coefficient (Wildman–Crippen LogP) is 3.80. The van der Waals surface area contributed by atoms with Crippen molar-refractivity contribution in [1.82, 2.24) is 10.3 Å². The molecule has 2 aromatic rings. The molecule has 3 amide bonds. The molecule has 2 N–H and O–H groups in total. The topological polar surface area (TPSA) is 71.1 Å². The van der Waals surface area contributed by atoms with E-state index in [2.05, 4.69) is 15.6 Å². The van der Waals surface area contributed by atoms with Crippen molar-refractivity contribution in [2.75, 3.05) is 5.32 Å². The number of urea groups is 1. The molecule has 22 heavy (non-hydrogen) atoms. The Balaban J connectivity index is 2.09. The van der Waals surface area contributed by atoms with E-state index in [1.807, 2.05) is 0 Å².